The highest BCUT2D eigenvalue weighted by atomic mass is 31.2. The maximum atomic E-state index is 13.1. The zero-order valence-electron chi connectivity index (χ0n) is 22.0. The predicted octanol–water partition coefficient (Wildman–Crippen LogP) is -1.63. The lowest BCUT2D eigenvalue weighted by atomic mass is 10.1. The quantitative estimate of drug-likeness (QED) is 0.132. The summed E-state index contributed by atoms with van der Waals surface area (Å²) in [5.41, 5.74) is 12.4. The third kappa shape index (κ3) is 5.04. The van der Waals surface area contributed by atoms with Crippen LogP contribution in [0.4, 0.5) is 11.6 Å². The number of phosphoric acid groups is 2. The van der Waals surface area contributed by atoms with E-state index in [1.807, 2.05) is 0 Å². The van der Waals surface area contributed by atoms with Gasteiger partial charge in [-0.2, -0.15) is 0 Å². The van der Waals surface area contributed by atoms with Crippen molar-refractivity contribution in [1.29, 1.82) is 0 Å². The van der Waals surface area contributed by atoms with Gasteiger partial charge < -0.3 is 40.9 Å². The number of nitrogens with two attached hydrogens (primary N) is 2. The van der Waals surface area contributed by atoms with Crippen LogP contribution < -0.4 is 11.5 Å². The molecule has 3 aliphatic rings. The van der Waals surface area contributed by atoms with Crippen LogP contribution >= 0.6 is 15.6 Å². The number of rotatable bonds is 2. The van der Waals surface area contributed by atoms with Gasteiger partial charge in [0.1, 0.15) is 60.3 Å². The molecule has 0 aromatic carbocycles. The Balaban J connectivity index is 1.17. The van der Waals surface area contributed by atoms with Crippen LogP contribution in [0.3, 0.4) is 0 Å². The molecule has 0 aliphatic carbocycles. The van der Waals surface area contributed by atoms with E-state index in [4.69, 9.17) is 39.0 Å². The molecule has 0 spiro atoms. The van der Waals surface area contributed by atoms with Crippen LogP contribution in [0.1, 0.15) is 12.5 Å². The van der Waals surface area contributed by atoms with E-state index in [2.05, 4.69) is 29.9 Å². The minimum atomic E-state index is -5.00. The molecule has 0 bridgehead atoms. The average Bonchev–Trinajstić information content (AvgIpc) is 3.73. The molecule has 10 atom stereocenters. The number of aromatic nitrogens is 8. The smallest absolute Gasteiger partial charge is 0.386 e. The molecule has 7 heterocycles. The normalized spacial score (nSPS) is 38.3. The van der Waals surface area contributed by atoms with Crippen molar-refractivity contribution in [3.8, 4) is 0 Å². The summed E-state index contributed by atoms with van der Waals surface area (Å²) in [6, 6.07) is 0. The number of ether oxygens (including phenoxy) is 2. The maximum Gasteiger partial charge on any atom is 0.472 e. The van der Waals surface area contributed by atoms with Crippen molar-refractivity contribution in [2.45, 2.75) is 49.1 Å². The number of aliphatic hydroxyl groups is 2. The highest BCUT2D eigenvalue weighted by Crippen LogP contribution is 2.53. The Bertz CT molecular complexity index is 1690. The lowest BCUT2D eigenvalue weighted by Gasteiger charge is -2.27. The van der Waals surface area contributed by atoms with Gasteiger partial charge in [-0.25, -0.2) is 39.0 Å². The largest absolute Gasteiger partial charge is 0.472 e. The second kappa shape index (κ2) is 10.7. The van der Waals surface area contributed by atoms with E-state index in [1.165, 1.54) is 21.8 Å². The molecule has 0 saturated carbocycles. The molecule has 8 N–H and O–H groups in total. The summed E-state index contributed by atoms with van der Waals surface area (Å²) in [6.45, 7) is -1.56. The number of nitrogens with zero attached hydrogens (tertiary/aromatic N) is 8. The van der Waals surface area contributed by atoms with Gasteiger partial charge in [0, 0.05) is 0 Å². The van der Waals surface area contributed by atoms with E-state index < -0.39 is 77.9 Å². The molecule has 2 unspecified atom stereocenters. The minimum Gasteiger partial charge on any atom is -0.386 e. The van der Waals surface area contributed by atoms with E-state index in [1.54, 1.807) is 0 Å². The average molecular weight is 658 g/mol. The molecule has 0 amide bonds. The molecule has 3 aliphatic heterocycles. The van der Waals surface area contributed by atoms with Crippen molar-refractivity contribution in [3.05, 3.63) is 25.3 Å². The van der Waals surface area contributed by atoms with Gasteiger partial charge >= 0.3 is 15.6 Å². The zero-order chi connectivity index (χ0) is 31.0. The Morgan fingerprint density at radius 2 is 1.11 bits per heavy atom. The Morgan fingerprint density at radius 1 is 0.705 bits per heavy atom. The predicted molar refractivity (Wildman–Crippen MR) is 141 cm³/mol. The summed E-state index contributed by atoms with van der Waals surface area (Å²) in [5.74, 6) is 0.101. The number of anilines is 2. The van der Waals surface area contributed by atoms with Gasteiger partial charge in [-0.3, -0.25) is 27.2 Å². The van der Waals surface area contributed by atoms with Crippen LogP contribution in [0.15, 0.2) is 25.3 Å². The van der Waals surface area contributed by atoms with Crippen LogP contribution in [0.5, 0.6) is 0 Å². The van der Waals surface area contributed by atoms with Crippen molar-refractivity contribution in [1.82, 2.24) is 39.0 Å². The van der Waals surface area contributed by atoms with E-state index in [-0.39, 0.29) is 34.0 Å². The van der Waals surface area contributed by atoms with Gasteiger partial charge in [0.2, 0.25) is 0 Å². The summed E-state index contributed by atoms with van der Waals surface area (Å²) in [7, 11) is -10.0. The molecule has 0 radical (unpaired) electrons. The first-order valence-electron chi connectivity index (χ1n) is 12.8. The molecule has 44 heavy (non-hydrogen) atoms. The number of hydrogen-bond acceptors (Lipinski definition) is 18. The van der Waals surface area contributed by atoms with E-state index in [9.17, 15) is 29.1 Å². The van der Waals surface area contributed by atoms with Gasteiger partial charge in [-0.15, -0.1) is 0 Å². The van der Waals surface area contributed by atoms with Gasteiger partial charge in [-0.1, -0.05) is 0 Å². The summed E-state index contributed by atoms with van der Waals surface area (Å²) in [6.07, 6.45) is -7.30. The summed E-state index contributed by atoms with van der Waals surface area (Å²) >= 11 is 0. The fourth-order valence-corrected chi connectivity index (χ4v) is 7.17. The van der Waals surface area contributed by atoms with Crippen molar-refractivity contribution in [2.24, 2.45) is 0 Å². The van der Waals surface area contributed by atoms with E-state index >= 15 is 0 Å². The number of hydrogen-bond donors (Lipinski definition) is 6. The summed E-state index contributed by atoms with van der Waals surface area (Å²) in [5, 5.41) is 22.2. The SMILES string of the molecule is Nc1ncnc2c1ncn2[C@@H]1O[C@@H]2COP(=O)(O)O[C@@H]3[C@H](O)[C@@H](n4cnc5c(N)ncnc54)O[C@H]3COP(=O)(O)O[C@H]2[C@H]1O. The van der Waals surface area contributed by atoms with Gasteiger partial charge in [0.15, 0.2) is 35.4 Å². The zero-order valence-corrected chi connectivity index (χ0v) is 23.8. The summed E-state index contributed by atoms with van der Waals surface area (Å²) < 4.78 is 61.2. The van der Waals surface area contributed by atoms with Crippen LogP contribution in [0.2, 0.25) is 0 Å². The molecule has 4 aromatic heterocycles. The van der Waals surface area contributed by atoms with Gasteiger partial charge in [-0.05, 0) is 0 Å². The highest BCUT2D eigenvalue weighted by molar-refractivity contribution is 7.47. The number of aliphatic hydroxyl groups excluding tert-OH is 2. The molecule has 22 nitrogen and oxygen atoms in total. The Kier molecular flexibility index (Phi) is 7.16. The lowest BCUT2D eigenvalue weighted by molar-refractivity contribution is -0.0664. The third-order valence-corrected chi connectivity index (χ3v) is 9.23. The number of nitrogen functional groups attached to an aromatic ring is 2. The van der Waals surface area contributed by atoms with Crippen molar-refractivity contribution in [3.63, 3.8) is 0 Å². The lowest BCUT2D eigenvalue weighted by Crippen LogP contribution is -2.39. The van der Waals surface area contributed by atoms with Crippen LogP contribution in [0.25, 0.3) is 22.3 Å². The van der Waals surface area contributed by atoms with Gasteiger partial charge in [0.25, 0.3) is 0 Å². The second-order valence-corrected chi connectivity index (χ2v) is 12.8. The third-order valence-electron chi connectivity index (χ3n) is 7.26. The molecule has 24 heteroatoms. The molecular weight excluding hydrogens is 634 g/mol. The molecular formula is C20H24N10O12P2. The highest BCUT2D eigenvalue weighted by Gasteiger charge is 2.54. The fourth-order valence-electron chi connectivity index (χ4n) is 5.24. The van der Waals surface area contributed by atoms with E-state index in [0.29, 0.717) is 0 Å². The topological polar surface area (TPSA) is 310 Å². The molecule has 3 saturated heterocycles. The minimum absolute atomic E-state index is 0.0507. The molecule has 3 fully saturated rings. The van der Waals surface area contributed by atoms with Gasteiger partial charge in [0.05, 0.1) is 25.9 Å². The monoisotopic (exact) mass is 658 g/mol. The van der Waals surface area contributed by atoms with Crippen LogP contribution in [-0.4, -0.2) is 109 Å². The van der Waals surface area contributed by atoms with Crippen molar-refractivity contribution >= 4 is 49.6 Å². The first-order chi connectivity index (χ1) is 20.9. The van der Waals surface area contributed by atoms with Crippen LogP contribution in [-0.2, 0) is 36.7 Å². The Labute approximate surface area is 244 Å². The maximum absolute atomic E-state index is 13.1. The molecule has 236 valence electrons. The van der Waals surface area contributed by atoms with Crippen molar-refractivity contribution in [2.75, 3.05) is 24.7 Å². The number of imidazole rings is 2. The fraction of sp³-hybridized carbons (Fsp3) is 0.500. The second-order valence-electron chi connectivity index (χ2n) is 9.95. The standard InChI is InChI=1S/C20H24N10O12P2/c21-15-9-17(25-3-23-15)29(5-27-9)19-11(31)13-7(39-19)1-37-43(33,34)42-14-8(2-38-44(35,36)41-13)40-20(12(14)32)30-6-28-10-16(22)24-4-26-18(10)30/h3-8,11-14,19-20,31-32H,1-2H2,(H,33,34)(H,35,36)(H2,21,23,25)(H2,22,24,26)/t7-,8+,11-,12+,13-,14+,19-,20+. The van der Waals surface area contributed by atoms with Crippen LogP contribution in [0, 0.1) is 0 Å². The molecule has 7 rings (SSSR count). The summed E-state index contributed by atoms with van der Waals surface area (Å²) in [4.78, 5) is 45.3. The number of fused-ring (bicyclic) bond motifs is 4. The van der Waals surface area contributed by atoms with Crippen molar-refractivity contribution < 1.29 is 56.7 Å². The Morgan fingerprint density at radius 3 is 1.52 bits per heavy atom. The van der Waals surface area contributed by atoms with E-state index in [0.717, 1.165) is 12.7 Å². The first-order valence-corrected chi connectivity index (χ1v) is 15.8. The first kappa shape index (κ1) is 29.5. The number of phosphoric ester groups is 2. The Hall–Kier alpha value is -3.24. The molecule has 4 aromatic rings.